The molecule has 0 amide bonds. The monoisotopic (exact) mass is 198 g/mol. The Morgan fingerprint density at radius 2 is 2.36 bits per heavy atom. The van der Waals surface area contributed by atoms with Gasteiger partial charge in [0.1, 0.15) is 0 Å². The Morgan fingerprint density at radius 3 is 2.79 bits per heavy atom. The summed E-state index contributed by atoms with van der Waals surface area (Å²) >= 11 is 0. The molecule has 0 N–H and O–H groups in total. The summed E-state index contributed by atoms with van der Waals surface area (Å²) in [5, 5.41) is 0. The molecule has 3 nitrogen and oxygen atoms in total. The normalized spacial score (nSPS) is 41.0. The van der Waals surface area contributed by atoms with Crippen molar-refractivity contribution in [2.75, 3.05) is 13.7 Å². The number of rotatable bonds is 3. The first-order valence-corrected chi connectivity index (χ1v) is 5.39. The van der Waals surface area contributed by atoms with Gasteiger partial charge in [-0.3, -0.25) is 4.79 Å². The minimum atomic E-state index is -0.240. The van der Waals surface area contributed by atoms with E-state index in [2.05, 4.69) is 6.92 Å². The SMILES string of the molecule is COC(=O)C1(CC2CO2)CCCC1C. The second-order valence-corrected chi connectivity index (χ2v) is 4.60. The topological polar surface area (TPSA) is 38.8 Å². The van der Waals surface area contributed by atoms with Crippen molar-refractivity contribution in [3.05, 3.63) is 0 Å². The summed E-state index contributed by atoms with van der Waals surface area (Å²) in [6.07, 6.45) is 4.43. The average Bonchev–Trinajstić information content (AvgIpc) is 2.91. The summed E-state index contributed by atoms with van der Waals surface area (Å²) in [4.78, 5) is 11.8. The van der Waals surface area contributed by atoms with Crippen LogP contribution in [0.5, 0.6) is 0 Å². The van der Waals surface area contributed by atoms with Crippen molar-refractivity contribution in [3.63, 3.8) is 0 Å². The van der Waals surface area contributed by atoms with Crippen LogP contribution >= 0.6 is 0 Å². The largest absolute Gasteiger partial charge is 0.469 e. The van der Waals surface area contributed by atoms with Crippen molar-refractivity contribution in [2.24, 2.45) is 11.3 Å². The summed E-state index contributed by atoms with van der Waals surface area (Å²) in [7, 11) is 1.49. The molecular weight excluding hydrogens is 180 g/mol. The lowest BCUT2D eigenvalue weighted by Gasteiger charge is -2.30. The number of ether oxygens (including phenoxy) is 2. The fourth-order valence-electron chi connectivity index (χ4n) is 2.73. The van der Waals surface area contributed by atoms with Gasteiger partial charge in [0.15, 0.2) is 0 Å². The second kappa shape index (κ2) is 3.54. The summed E-state index contributed by atoms with van der Waals surface area (Å²) in [5.74, 6) is 0.414. The van der Waals surface area contributed by atoms with Crippen LogP contribution in [-0.4, -0.2) is 25.8 Å². The number of methoxy groups -OCH3 is 1. The van der Waals surface area contributed by atoms with Crippen LogP contribution in [-0.2, 0) is 14.3 Å². The van der Waals surface area contributed by atoms with Gasteiger partial charge in [-0.1, -0.05) is 13.3 Å². The van der Waals surface area contributed by atoms with Crippen LogP contribution in [0.4, 0.5) is 0 Å². The number of carbonyl (C=O) groups excluding carboxylic acids is 1. The predicted molar refractivity (Wildman–Crippen MR) is 51.8 cm³/mol. The Kier molecular flexibility index (Phi) is 2.52. The molecule has 0 radical (unpaired) electrons. The lowest BCUT2D eigenvalue weighted by Crippen LogP contribution is -2.36. The maximum atomic E-state index is 11.8. The molecule has 1 heterocycles. The molecule has 0 aromatic rings. The fraction of sp³-hybridized carbons (Fsp3) is 0.909. The zero-order valence-corrected chi connectivity index (χ0v) is 8.91. The van der Waals surface area contributed by atoms with Crippen LogP contribution in [0, 0.1) is 11.3 Å². The summed E-state index contributed by atoms with van der Waals surface area (Å²) in [6.45, 7) is 2.98. The zero-order chi connectivity index (χ0) is 10.2. The molecule has 0 bridgehead atoms. The van der Waals surface area contributed by atoms with Gasteiger partial charge < -0.3 is 9.47 Å². The van der Waals surface area contributed by atoms with Crippen molar-refractivity contribution in [2.45, 2.75) is 38.7 Å². The smallest absolute Gasteiger partial charge is 0.312 e. The van der Waals surface area contributed by atoms with Gasteiger partial charge in [-0.05, 0) is 25.2 Å². The van der Waals surface area contributed by atoms with E-state index in [0.29, 0.717) is 12.0 Å². The minimum Gasteiger partial charge on any atom is -0.469 e. The second-order valence-electron chi connectivity index (χ2n) is 4.60. The van der Waals surface area contributed by atoms with Crippen LogP contribution in [0.25, 0.3) is 0 Å². The highest BCUT2D eigenvalue weighted by Gasteiger charge is 2.50. The van der Waals surface area contributed by atoms with E-state index < -0.39 is 0 Å². The van der Waals surface area contributed by atoms with Crippen molar-refractivity contribution in [3.8, 4) is 0 Å². The molecule has 3 unspecified atom stereocenters. The number of esters is 1. The molecule has 14 heavy (non-hydrogen) atoms. The van der Waals surface area contributed by atoms with Gasteiger partial charge in [-0.2, -0.15) is 0 Å². The maximum Gasteiger partial charge on any atom is 0.312 e. The number of hydrogen-bond donors (Lipinski definition) is 0. The molecule has 2 rings (SSSR count). The Labute approximate surface area is 84.8 Å². The minimum absolute atomic E-state index is 0.0296. The number of hydrogen-bond acceptors (Lipinski definition) is 3. The molecule has 0 spiro atoms. The van der Waals surface area contributed by atoms with Gasteiger partial charge in [-0.25, -0.2) is 0 Å². The zero-order valence-electron chi connectivity index (χ0n) is 8.91. The molecule has 1 aliphatic carbocycles. The third kappa shape index (κ3) is 1.54. The standard InChI is InChI=1S/C11H18O3/c1-8-4-3-5-11(8,10(12)13-2)6-9-7-14-9/h8-9H,3-7H2,1-2H3. The van der Waals surface area contributed by atoms with Crippen LogP contribution in [0.3, 0.4) is 0 Å². The third-order valence-corrected chi connectivity index (χ3v) is 3.79. The molecule has 1 saturated heterocycles. The van der Waals surface area contributed by atoms with Crippen molar-refractivity contribution in [1.29, 1.82) is 0 Å². The molecule has 0 aromatic heterocycles. The van der Waals surface area contributed by atoms with Gasteiger partial charge >= 0.3 is 5.97 Å². The van der Waals surface area contributed by atoms with Crippen LogP contribution in [0.1, 0.15) is 32.6 Å². The van der Waals surface area contributed by atoms with Crippen LogP contribution in [0.2, 0.25) is 0 Å². The lowest BCUT2D eigenvalue weighted by atomic mass is 9.75. The van der Waals surface area contributed by atoms with Gasteiger partial charge in [-0.15, -0.1) is 0 Å². The highest BCUT2D eigenvalue weighted by Crippen LogP contribution is 2.49. The Bertz CT molecular complexity index is 235. The Morgan fingerprint density at radius 1 is 1.64 bits per heavy atom. The molecule has 3 heteroatoms. The van der Waals surface area contributed by atoms with Gasteiger partial charge in [0.05, 0.1) is 25.2 Å². The summed E-state index contributed by atoms with van der Waals surface area (Å²) in [6, 6.07) is 0. The van der Waals surface area contributed by atoms with Crippen LogP contribution in [0.15, 0.2) is 0 Å². The van der Waals surface area contributed by atoms with Crippen molar-refractivity contribution >= 4 is 5.97 Å². The molecule has 80 valence electrons. The third-order valence-electron chi connectivity index (χ3n) is 3.79. The first-order valence-electron chi connectivity index (χ1n) is 5.39. The van der Waals surface area contributed by atoms with E-state index in [1.165, 1.54) is 7.11 Å². The Hall–Kier alpha value is -0.570. The quantitative estimate of drug-likeness (QED) is 0.512. The maximum absolute atomic E-state index is 11.8. The molecular formula is C11H18O3. The van der Waals surface area contributed by atoms with E-state index in [1.54, 1.807) is 0 Å². The molecule has 2 fully saturated rings. The predicted octanol–water partition coefficient (Wildman–Crippen LogP) is 1.75. The number of carbonyl (C=O) groups is 1. The molecule has 1 saturated carbocycles. The average molecular weight is 198 g/mol. The van der Waals surface area contributed by atoms with Gasteiger partial charge in [0, 0.05) is 0 Å². The first kappa shape index (κ1) is 9.97. The summed E-state index contributed by atoms with van der Waals surface area (Å²) < 4.78 is 10.2. The fourth-order valence-corrected chi connectivity index (χ4v) is 2.73. The molecule has 1 aliphatic heterocycles. The van der Waals surface area contributed by atoms with E-state index in [-0.39, 0.29) is 11.4 Å². The van der Waals surface area contributed by atoms with Crippen LogP contribution < -0.4 is 0 Å². The highest BCUT2D eigenvalue weighted by atomic mass is 16.6. The summed E-state index contributed by atoms with van der Waals surface area (Å²) in [5.41, 5.74) is -0.240. The Balaban J connectivity index is 2.13. The van der Waals surface area contributed by atoms with Gasteiger partial charge in [0.2, 0.25) is 0 Å². The molecule has 0 aromatic carbocycles. The van der Waals surface area contributed by atoms with Crippen molar-refractivity contribution < 1.29 is 14.3 Å². The highest BCUT2D eigenvalue weighted by molar-refractivity contribution is 5.77. The van der Waals surface area contributed by atoms with E-state index in [0.717, 1.165) is 32.3 Å². The van der Waals surface area contributed by atoms with Gasteiger partial charge in [0.25, 0.3) is 0 Å². The van der Waals surface area contributed by atoms with E-state index in [1.807, 2.05) is 0 Å². The molecule has 3 atom stereocenters. The number of epoxide rings is 1. The van der Waals surface area contributed by atoms with E-state index >= 15 is 0 Å². The molecule has 2 aliphatic rings. The van der Waals surface area contributed by atoms with Crippen molar-refractivity contribution in [1.82, 2.24) is 0 Å². The first-order chi connectivity index (χ1) is 6.69. The van der Waals surface area contributed by atoms with E-state index in [9.17, 15) is 4.79 Å². The lowest BCUT2D eigenvalue weighted by molar-refractivity contribution is -0.155. The van der Waals surface area contributed by atoms with E-state index in [4.69, 9.17) is 9.47 Å².